The lowest BCUT2D eigenvalue weighted by molar-refractivity contribution is -0.219. The van der Waals surface area contributed by atoms with E-state index in [1.54, 1.807) is 0 Å². The van der Waals surface area contributed by atoms with E-state index in [1.165, 1.54) is 21.1 Å². The van der Waals surface area contributed by atoms with Crippen molar-refractivity contribution in [3.05, 3.63) is 0 Å². The van der Waals surface area contributed by atoms with Crippen molar-refractivity contribution in [3.8, 4) is 0 Å². The van der Waals surface area contributed by atoms with E-state index in [2.05, 4.69) is 0 Å². The third-order valence-corrected chi connectivity index (χ3v) is 1.26. The first-order valence-electron chi connectivity index (χ1n) is 2.97. The minimum Gasteiger partial charge on any atom is -0.393 e. The average Bonchev–Trinajstić information content (AvgIpc) is 1.90. The summed E-state index contributed by atoms with van der Waals surface area (Å²) in [6, 6.07) is 0. The molecule has 1 atom stereocenters. The molecule has 0 aliphatic carbocycles. The Kier molecular flexibility index (Phi) is 3.81. The maximum absolute atomic E-state index is 9.28. The zero-order valence-corrected chi connectivity index (χ0v) is 6.50. The summed E-state index contributed by atoms with van der Waals surface area (Å²) in [6.45, 7) is 1.05. The van der Waals surface area contributed by atoms with Gasteiger partial charge in [-0.25, -0.2) is 0 Å². The molecule has 2 N–H and O–H groups in total. The first-order chi connectivity index (χ1) is 4.58. The van der Waals surface area contributed by atoms with Gasteiger partial charge in [-0.3, -0.25) is 0 Å². The molecule has 0 fully saturated rings. The Labute approximate surface area is 60.4 Å². The molecule has 0 radical (unpaired) electrons. The van der Waals surface area contributed by atoms with Gasteiger partial charge in [0, 0.05) is 14.2 Å². The smallest absolute Gasteiger partial charge is 0.187 e. The van der Waals surface area contributed by atoms with Gasteiger partial charge < -0.3 is 19.7 Å². The zero-order chi connectivity index (χ0) is 8.20. The molecule has 0 aromatic rings. The maximum Gasteiger partial charge on any atom is 0.187 e. The van der Waals surface area contributed by atoms with Gasteiger partial charge in [-0.1, -0.05) is 0 Å². The third-order valence-electron chi connectivity index (χ3n) is 1.26. The largest absolute Gasteiger partial charge is 0.393 e. The van der Waals surface area contributed by atoms with E-state index in [0.717, 1.165) is 0 Å². The van der Waals surface area contributed by atoms with Crippen molar-refractivity contribution < 1.29 is 19.7 Å². The third kappa shape index (κ3) is 2.22. The van der Waals surface area contributed by atoms with Crippen LogP contribution in [0.4, 0.5) is 0 Å². The number of hydrogen-bond acceptors (Lipinski definition) is 4. The van der Waals surface area contributed by atoms with Gasteiger partial charge in [0.05, 0.1) is 6.61 Å². The van der Waals surface area contributed by atoms with Crippen LogP contribution in [0.25, 0.3) is 0 Å². The van der Waals surface area contributed by atoms with Crippen molar-refractivity contribution in [2.24, 2.45) is 0 Å². The molecule has 62 valence electrons. The molecule has 0 aliphatic rings. The molecule has 0 rings (SSSR count). The molecule has 0 amide bonds. The number of methoxy groups -OCH3 is 2. The molecule has 0 saturated heterocycles. The fourth-order valence-electron chi connectivity index (χ4n) is 0.679. The highest BCUT2D eigenvalue weighted by Crippen LogP contribution is 2.11. The van der Waals surface area contributed by atoms with Gasteiger partial charge in [0.2, 0.25) is 0 Å². The van der Waals surface area contributed by atoms with Gasteiger partial charge in [-0.2, -0.15) is 0 Å². The highest BCUT2D eigenvalue weighted by molar-refractivity contribution is 4.74. The van der Waals surface area contributed by atoms with Crippen molar-refractivity contribution in [2.75, 3.05) is 20.8 Å². The molecule has 10 heavy (non-hydrogen) atoms. The quantitative estimate of drug-likeness (QED) is 0.523. The molecule has 4 heteroatoms. The Bertz CT molecular complexity index is 87.7. The Balaban J connectivity index is 3.97. The van der Waals surface area contributed by atoms with Crippen molar-refractivity contribution in [2.45, 2.75) is 18.8 Å². The van der Waals surface area contributed by atoms with Crippen molar-refractivity contribution in [1.29, 1.82) is 0 Å². The van der Waals surface area contributed by atoms with Crippen LogP contribution < -0.4 is 0 Å². The van der Waals surface area contributed by atoms with Crippen molar-refractivity contribution in [1.82, 2.24) is 0 Å². The van der Waals surface area contributed by atoms with Crippen LogP contribution >= 0.6 is 0 Å². The average molecular weight is 150 g/mol. The SMILES string of the molecule is COC(OC)[C@@](C)(O)CO. The monoisotopic (exact) mass is 150 g/mol. The summed E-state index contributed by atoms with van der Waals surface area (Å²) in [5.41, 5.74) is -1.33. The summed E-state index contributed by atoms with van der Waals surface area (Å²) < 4.78 is 9.45. The lowest BCUT2D eigenvalue weighted by Gasteiger charge is -2.28. The van der Waals surface area contributed by atoms with E-state index >= 15 is 0 Å². The summed E-state index contributed by atoms with van der Waals surface area (Å²) in [4.78, 5) is 0. The van der Waals surface area contributed by atoms with Gasteiger partial charge in [-0.05, 0) is 6.92 Å². The standard InChI is InChI=1S/C6H14O4/c1-6(8,4-7)5(9-2)10-3/h5,7-8H,4H2,1-3H3/t6-/m0/s1. The van der Waals surface area contributed by atoms with Crippen molar-refractivity contribution in [3.63, 3.8) is 0 Å². The fourth-order valence-corrected chi connectivity index (χ4v) is 0.679. The van der Waals surface area contributed by atoms with E-state index in [4.69, 9.17) is 14.6 Å². The van der Waals surface area contributed by atoms with E-state index in [-0.39, 0.29) is 6.61 Å². The van der Waals surface area contributed by atoms with Gasteiger partial charge in [0.1, 0.15) is 5.60 Å². The minimum absolute atomic E-state index is 0.390. The topological polar surface area (TPSA) is 58.9 Å². The fraction of sp³-hybridized carbons (Fsp3) is 1.00. The molecule has 0 unspecified atom stereocenters. The first kappa shape index (κ1) is 9.84. The van der Waals surface area contributed by atoms with E-state index in [9.17, 15) is 5.11 Å². The number of rotatable bonds is 4. The highest BCUT2D eigenvalue weighted by Gasteiger charge is 2.31. The molecule has 0 heterocycles. The molecular formula is C6H14O4. The maximum atomic E-state index is 9.28. The number of ether oxygens (including phenoxy) is 2. The van der Waals surface area contributed by atoms with Crippen LogP contribution in [-0.2, 0) is 9.47 Å². The molecule has 0 saturated carbocycles. The first-order valence-corrected chi connectivity index (χ1v) is 2.97. The lowest BCUT2D eigenvalue weighted by Crippen LogP contribution is -2.44. The highest BCUT2D eigenvalue weighted by atomic mass is 16.7. The molecular weight excluding hydrogens is 136 g/mol. The van der Waals surface area contributed by atoms with Crippen LogP contribution in [0, 0.1) is 0 Å². The predicted molar refractivity (Wildman–Crippen MR) is 35.5 cm³/mol. The summed E-state index contributed by atoms with van der Waals surface area (Å²) >= 11 is 0. The number of aliphatic hydroxyl groups is 2. The van der Waals surface area contributed by atoms with Gasteiger partial charge >= 0.3 is 0 Å². The molecule has 0 aliphatic heterocycles. The lowest BCUT2D eigenvalue weighted by atomic mass is 10.1. The molecule has 0 bridgehead atoms. The molecule has 0 aromatic carbocycles. The normalized spacial score (nSPS) is 17.4. The van der Waals surface area contributed by atoms with E-state index in [1.807, 2.05) is 0 Å². The van der Waals surface area contributed by atoms with Crippen LogP contribution in [0.2, 0.25) is 0 Å². The van der Waals surface area contributed by atoms with Gasteiger partial charge in [0.15, 0.2) is 6.29 Å². The van der Waals surface area contributed by atoms with Crippen LogP contribution in [0.3, 0.4) is 0 Å². The van der Waals surface area contributed by atoms with E-state index in [0.29, 0.717) is 0 Å². The zero-order valence-electron chi connectivity index (χ0n) is 6.50. The Hall–Kier alpha value is -0.160. The predicted octanol–water partition coefficient (Wildman–Crippen LogP) is -0.651. The Morgan fingerprint density at radius 2 is 1.80 bits per heavy atom. The van der Waals surface area contributed by atoms with Gasteiger partial charge in [0.25, 0.3) is 0 Å². The number of aliphatic hydroxyl groups excluding tert-OH is 1. The number of hydrogen-bond donors (Lipinski definition) is 2. The minimum atomic E-state index is -1.33. The van der Waals surface area contributed by atoms with Crippen LogP contribution in [0.1, 0.15) is 6.92 Å². The van der Waals surface area contributed by atoms with Crippen LogP contribution in [-0.4, -0.2) is 42.9 Å². The van der Waals surface area contributed by atoms with Gasteiger partial charge in [-0.15, -0.1) is 0 Å². The second-order valence-corrected chi connectivity index (χ2v) is 2.32. The summed E-state index contributed by atoms with van der Waals surface area (Å²) in [5.74, 6) is 0. The Morgan fingerprint density at radius 3 is 1.90 bits per heavy atom. The molecule has 4 nitrogen and oxygen atoms in total. The molecule has 0 aromatic heterocycles. The van der Waals surface area contributed by atoms with Crippen LogP contribution in [0.15, 0.2) is 0 Å². The van der Waals surface area contributed by atoms with E-state index < -0.39 is 11.9 Å². The molecule has 0 spiro atoms. The summed E-state index contributed by atoms with van der Waals surface area (Å²) in [5, 5.41) is 17.9. The van der Waals surface area contributed by atoms with Crippen LogP contribution in [0.5, 0.6) is 0 Å². The Morgan fingerprint density at radius 1 is 1.40 bits per heavy atom. The second kappa shape index (κ2) is 3.88. The second-order valence-electron chi connectivity index (χ2n) is 2.32. The summed E-state index contributed by atoms with van der Waals surface area (Å²) in [6.07, 6.45) is -0.780. The summed E-state index contributed by atoms with van der Waals surface area (Å²) in [7, 11) is 2.80. The van der Waals surface area contributed by atoms with Crippen molar-refractivity contribution >= 4 is 0 Å².